The van der Waals surface area contributed by atoms with Crippen molar-refractivity contribution < 1.29 is 14.6 Å². The van der Waals surface area contributed by atoms with Gasteiger partial charge in [0.1, 0.15) is 0 Å². The Morgan fingerprint density at radius 2 is 2.44 bits per heavy atom. The molecule has 0 saturated heterocycles. The molecule has 0 aromatic carbocycles. The van der Waals surface area contributed by atoms with Gasteiger partial charge in [-0.05, 0) is 17.9 Å². The fraction of sp³-hybridized carbons (Fsp3) is 0.462. The molecule has 2 N–H and O–H groups in total. The van der Waals surface area contributed by atoms with Gasteiger partial charge in [-0.1, -0.05) is 12.2 Å². The quantitative estimate of drug-likeness (QED) is 0.796. The zero-order chi connectivity index (χ0) is 13.0. The Balaban J connectivity index is 1.96. The maximum absolute atomic E-state index is 12.1. The first kappa shape index (κ1) is 13.3. The maximum Gasteiger partial charge on any atom is 0.262 e. The van der Waals surface area contributed by atoms with Crippen molar-refractivity contribution in [2.75, 3.05) is 13.7 Å². The third-order valence-corrected chi connectivity index (χ3v) is 3.93. The van der Waals surface area contributed by atoms with Crippen molar-refractivity contribution in [2.24, 2.45) is 5.92 Å². The van der Waals surface area contributed by atoms with Gasteiger partial charge in [-0.15, -0.1) is 11.3 Å². The van der Waals surface area contributed by atoms with Crippen molar-refractivity contribution in [3.05, 3.63) is 34.0 Å². The topological polar surface area (TPSA) is 58.6 Å². The average Bonchev–Trinajstić information content (AvgIpc) is 2.98. The highest BCUT2D eigenvalue weighted by atomic mass is 32.1. The first-order chi connectivity index (χ1) is 8.74. The third-order valence-electron chi connectivity index (χ3n) is 2.98. The molecular formula is C13H17NO3S. The lowest BCUT2D eigenvalue weighted by Crippen LogP contribution is -2.32. The molecule has 0 spiro atoms. The van der Waals surface area contributed by atoms with E-state index in [9.17, 15) is 4.79 Å². The van der Waals surface area contributed by atoms with E-state index in [-0.39, 0.29) is 24.5 Å². The molecule has 1 amide bonds. The van der Waals surface area contributed by atoms with Crippen LogP contribution in [0.15, 0.2) is 23.6 Å². The van der Waals surface area contributed by atoms with E-state index in [0.717, 1.165) is 12.0 Å². The fourth-order valence-corrected chi connectivity index (χ4v) is 2.87. The Hall–Kier alpha value is -1.17. The van der Waals surface area contributed by atoms with Crippen molar-refractivity contribution in [1.82, 2.24) is 5.32 Å². The second kappa shape index (κ2) is 6.13. The van der Waals surface area contributed by atoms with Crippen LogP contribution in [0.5, 0.6) is 0 Å². The van der Waals surface area contributed by atoms with Crippen molar-refractivity contribution >= 4 is 17.2 Å². The lowest BCUT2D eigenvalue weighted by molar-refractivity contribution is 0.0941. The predicted octanol–water partition coefficient (Wildman–Crippen LogP) is 1.56. The van der Waals surface area contributed by atoms with Gasteiger partial charge in [-0.2, -0.15) is 0 Å². The number of hydrogen-bond acceptors (Lipinski definition) is 4. The van der Waals surface area contributed by atoms with Crippen LogP contribution in [-0.4, -0.2) is 30.8 Å². The van der Waals surface area contributed by atoms with E-state index in [1.54, 1.807) is 7.11 Å². The minimum Gasteiger partial charge on any atom is -0.396 e. The zero-order valence-electron chi connectivity index (χ0n) is 10.3. The molecule has 1 aromatic heterocycles. The van der Waals surface area contributed by atoms with Crippen LogP contribution in [0.2, 0.25) is 0 Å². The molecule has 1 heterocycles. The number of hydrogen-bond donors (Lipinski definition) is 2. The van der Waals surface area contributed by atoms with Gasteiger partial charge in [0.15, 0.2) is 0 Å². The van der Waals surface area contributed by atoms with E-state index in [0.29, 0.717) is 11.5 Å². The third kappa shape index (κ3) is 2.98. The smallest absolute Gasteiger partial charge is 0.262 e. The second-order valence-electron chi connectivity index (χ2n) is 4.35. The number of aliphatic hydroxyl groups is 1. The lowest BCUT2D eigenvalue weighted by Gasteiger charge is -2.12. The van der Waals surface area contributed by atoms with Crippen LogP contribution < -0.4 is 5.32 Å². The van der Waals surface area contributed by atoms with E-state index in [1.807, 2.05) is 23.6 Å². The number of nitrogens with one attached hydrogen (secondary N) is 1. The van der Waals surface area contributed by atoms with E-state index < -0.39 is 0 Å². The highest BCUT2D eigenvalue weighted by Crippen LogP contribution is 2.20. The molecule has 18 heavy (non-hydrogen) atoms. The molecule has 2 atom stereocenters. The largest absolute Gasteiger partial charge is 0.396 e. The molecule has 98 valence electrons. The van der Waals surface area contributed by atoms with Gasteiger partial charge in [-0.3, -0.25) is 4.79 Å². The molecule has 0 aliphatic heterocycles. The minimum absolute atomic E-state index is 0.0205. The SMILES string of the molecule is COCc1ccsc1C(=O)N[C@@H]1C=C[C@H](CO)C1. The van der Waals surface area contributed by atoms with Crippen molar-refractivity contribution in [1.29, 1.82) is 0 Å². The fourth-order valence-electron chi connectivity index (χ4n) is 2.06. The molecular weight excluding hydrogens is 250 g/mol. The molecule has 4 nitrogen and oxygen atoms in total. The number of rotatable bonds is 5. The van der Waals surface area contributed by atoms with Crippen molar-refractivity contribution in [3.8, 4) is 0 Å². The number of carbonyl (C=O) groups is 1. The first-order valence-electron chi connectivity index (χ1n) is 5.90. The van der Waals surface area contributed by atoms with Crippen molar-refractivity contribution in [2.45, 2.75) is 19.1 Å². The summed E-state index contributed by atoms with van der Waals surface area (Å²) in [6.07, 6.45) is 4.67. The summed E-state index contributed by atoms with van der Waals surface area (Å²) in [5.74, 6) is 0.0994. The summed E-state index contributed by atoms with van der Waals surface area (Å²) in [7, 11) is 1.62. The Morgan fingerprint density at radius 1 is 1.61 bits per heavy atom. The highest BCUT2D eigenvalue weighted by molar-refractivity contribution is 7.12. The van der Waals surface area contributed by atoms with E-state index in [4.69, 9.17) is 9.84 Å². The Morgan fingerprint density at radius 3 is 3.11 bits per heavy atom. The average molecular weight is 267 g/mol. The van der Waals surface area contributed by atoms with Crippen LogP contribution in [0.4, 0.5) is 0 Å². The van der Waals surface area contributed by atoms with E-state index in [2.05, 4.69) is 5.32 Å². The predicted molar refractivity (Wildman–Crippen MR) is 70.6 cm³/mol. The Labute approximate surface area is 110 Å². The number of ether oxygens (including phenoxy) is 1. The minimum atomic E-state index is -0.0645. The molecule has 0 unspecified atom stereocenters. The van der Waals surface area contributed by atoms with Gasteiger partial charge in [0, 0.05) is 31.2 Å². The van der Waals surface area contributed by atoms with Crippen LogP contribution in [-0.2, 0) is 11.3 Å². The molecule has 1 aliphatic carbocycles. The van der Waals surface area contributed by atoms with Gasteiger partial charge in [0.05, 0.1) is 11.5 Å². The number of aliphatic hydroxyl groups excluding tert-OH is 1. The van der Waals surface area contributed by atoms with Gasteiger partial charge in [0.2, 0.25) is 0 Å². The van der Waals surface area contributed by atoms with E-state index >= 15 is 0 Å². The zero-order valence-corrected chi connectivity index (χ0v) is 11.1. The van der Waals surface area contributed by atoms with Gasteiger partial charge in [0.25, 0.3) is 5.91 Å². The normalized spacial score (nSPS) is 22.3. The summed E-state index contributed by atoms with van der Waals surface area (Å²) in [5.41, 5.74) is 0.917. The lowest BCUT2D eigenvalue weighted by atomic mass is 10.1. The number of thiophene rings is 1. The summed E-state index contributed by atoms with van der Waals surface area (Å²) < 4.78 is 5.06. The number of amides is 1. The summed E-state index contributed by atoms with van der Waals surface area (Å²) in [6.45, 7) is 0.586. The van der Waals surface area contributed by atoms with Crippen LogP contribution in [0.3, 0.4) is 0 Å². The number of methoxy groups -OCH3 is 1. The van der Waals surface area contributed by atoms with Crippen LogP contribution in [0.1, 0.15) is 21.7 Å². The van der Waals surface area contributed by atoms with Crippen molar-refractivity contribution in [3.63, 3.8) is 0 Å². The van der Waals surface area contributed by atoms with E-state index in [1.165, 1.54) is 11.3 Å². The summed E-state index contributed by atoms with van der Waals surface area (Å²) in [6, 6.07) is 1.93. The molecule has 0 saturated carbocycles. The monoisotopic (exact) mass is 267 g/mol. The highest BCUT2D eigenvalue weighted by Gasteiger charge is 2.21. The molecule has 1 aromatic rings. The summed E-state index contributed by atoms with van der Waals surface area (Å²) in [5, 5.41) is 13.9. The standard InChI is InChI=1S/C13H17NO3S/c1-17-8-10-4-5-18-12(10)13(16)14-11-3-2-9(6-11)7-15/h2-5,9,11,15H,6-8H2,1H3,(H,14,16)/t9-,11+/m0/s1. The first-order valence-corrected chi connectivity index (χ1v) is 6.78. The molecule has 0 radical (unpaired) electrons. The molecule has 5 heteroatoms. The maximum atomic E-state index is 12.1. The van der Waals surface area contributed by atoms with Gasteiger partial charge >= 0.3 is 0 Å². The molecule has 0 fully saturated rings. The van der Waals surface area contributed by atoms with Crippen LogP contribution >= 0.6 is 11.3 Å². The molecule has 1 aliphatic rings. The van der Waals surface area contributed by atoms with Gasteiger partial charge < -0.3 is 15.2 Å². The molecule has 2 rings (SSSR count). The summed E-state index contributed by atoms with van der Waals surface area (Å²) >= 11 is 1.42. The van der Waals surface area contributed by atoms with Crippen LogP contribution in [0, 0.1) is 5.92 Å². The second-order valence-corrected chi connectivity index (χ2v) is 5.27. The Bertz CT molecular complexity index is 441. The number of carbonyl (C=O) groups excluding carboxylic acids is 1. The van der Waals surface area contributed by atoms with Crippen LogP contribution in [0.25, 0.3) is 0 Å². The molecule has 0 bridgehead atoms. The van der Waals surface area contributed by atoms with Gasteiger partial charge in [-0.25, -0.2) is 0 Å². The summed E-state index contributed by atoms with van der Waals surface area (Å²) in [4.78, 5) is 12.8. The Kier molecular flexibility index (Phi) is 4.52.